The summed E-state index contributed by atoms with van der Waals surface area (Å²) in [6.07, 6.45) is 0. The summed E-state index contributed by atoms with van der Waals surface area (Å²) in [5.41, 5.74) is 4.66. The monoisotopic (exact) mass is 395 g/mol. The van der Waals surface area contributed by atoms with E-state index in [0.717, 1.165) is 16.7 Å². The highest BCUT2D eigenvalue weighted by Crippen LogP contribution is 2.36. The minimum atomic E-state index is -0.509. The van der Waals surface area contributed by atoms with Crippen molar-refractivity contribution in [2.75, 3.05) is 0 Å². The number of ketones is 1. The topological polar surface area (TPSA) is 69.4 Å². The van der Waals surface area contributed by atoms with E-state index in [0.29, 0.717) is 34.0 Å². The van der Waals surface area contributed by atoms with E-state index in [2.05, 4.69) is 4.98 Å². The third kappa shape index (κ3) is 3.01. The lowest BCUT2D eigenvalue weighted by atomic mass is 10.0. The SMILES string of the molecule is Cc1oc(-c2ccccc2)nc1COC(=O)c1ccc2c(c1)C(=O)c1ccccc1-2. The van der Waals surface area contributed by atoms with Gasteiger partial charge in [0, 0.05) is 16.7 Å². The van der Waals surface area contributed by atoms with Crippen molar-refractivity contribution in [1.29, 1.82) is 0 Å². The predicted octanol–water partition coefficient (Wildman–Crippen LogP) is 5.22. The first-order valence-corrected chi connectivity index (χ1v) is 9.59. The summed E-state index contributed by atoms with van der Waals surface area (Å²) >= 11 is 0. The average molecular weight is 395 g/mol. The number of carbonyl (C=O) groups is 2. The van der Waals surface area contributed by atoms with Crippen LogP contribution < -0.4 is 0 Å². The van der Waals surface area contributed by atoms with Crippen molar-refractivity contribution < 1.29 is 18.7 Å². The molecule has 1 aromatic heterocycles. The Morgan fingerprint density at radius 3 is 2.40 bits per heavy atom. The Morgan fingerprint density at radius 2 is 1.60 bits per heavy atom. The normalized spacial score (nSPS) is 11.8. The molecule has 0 aliphatic heterocycles. The molecule has 5 rings (SSSR count). The van der Waals surface area contributed by atoms with Crippen molar-refractivity contribution in [2.45, 2.75) is 13.5 Å². The van der Waals surface area contributed by atoms with Gasteiger partial charge in [0.25, 0.3) is 0 Å². The minimum Gasteiger partial charge on any atom is -0.455 e. The minimum absolute atomic E-state index is 0.00768. The van der Waals surface area contributed by atoms with Gasteiger partial charge in [0.1, 0.15) is 18.1 Å². The van der Waals surface area contributed by atoms with Crippen molar-refractivity contribution in [3.63, 3.8) is 0 Å². The number of ether oxygens (including phenoxy) is 1. The number of rotatable bonds is 4. The summed E-state index contributed by atoms with van der Waals surface area (Å²) in [4.78, 5) is 29.7. The zero-order valence-electron chi connectivity index (χ0n) is 16.2. The number of esters is 1. The molecule has 0 radical (unpaired) electrons. The summed E-state index contributed by atoms with van der Waals surface area (Å²) in [6, 6.07) is 22.1. The number of benzene rings is 3. The summed E-state index contributed by atoms with van der Waals surface area (Å²) < 4.78 is 11.1. The van der Waals surface area contributed by atoms with Crippen LogP contribution in [0.4, 0.5) is 0 Å². The van der Waals surface area contributed by atoms with Crippen LogP contribution in [0.3, 0.4) is 0 Å². The lowest BCUT2D eigenvalue weighted by Gasteiger charge is -2.05. The Morgan fingerprint density at radius 1 is 0.900 bits per heavy atom. The summed E-state index contributed by atoms with van der Waals surface area (Å²) in [7, 11) is 0. The van der Waals surface area contributed by atoms with E-state index in [-0.39, 0.29) is 12.4 Å². The molecule has 1 aliphatic carbocycles. The van der Waals surface area contributed by atoms with Crippen LogP contribution in [0.25, 0.3) is 22.6 Å². The molecule has 0 unspecified atom stereocenters. The lowest BCUT2D eigenvalue weighted by Crippen LogP contribution is -2.07. The van der Waals surface area contributed by atoms with Crippen LogP contribution >= 0.6 is 0 Å². The highest BCUT2D eigenvalue weighted by molar-refractivity contribution is 6.22. The summed E-state index contributed by atoms with van der Waals surface area (Å²) in [5, 5.41) is 0. The first-order chi connectivity index (χ1) is 14.6. The Balaban J connectivity index is 1.34. The van der Waals surface area contributed by atoms with Crippen LogP contribution in [-0.2, 0) is 11.3 Å². The van der Waals surface area contributed by atoms with Gasteiger partial charge >= 0.3 is 5.97 Å². The molecule has 0 bridgehead atoms. The first-order valence-electron chi connectivity index (χ1n) is 9.59. The fourth-order valence-corrected chi connectivity index (χ4v) is 3.64. The summed E-state index contributed by atoms with van der Waals surface area (Å²) in [5.74, 6) is 0.501. The maximum Gasteiger partial charge on any atom is 0.338 e. The average Bonchev–Trinajstić information content (AvgIpc) is 3.30. The van der Waals surface area contributed by atoms with E-state index < -0.39 is 5.97 Å². The number of aryl methyl sites for hydroxylation is 1. The molecule has 0 N–H and O–H groups in total. The first kappa shape index (κ1) is 18.1. The molecule has 0 saturated heterocycles. The molecule has 0 fully saturated rings. The van der Waals surface area contributed by atoms with Crippen molar-refractivity contribution in [3.8, 4) is 22.6 Å². The Hall–Kier alpha value is -3.99. The molecule has 0 spiro atoms. The number of hydrogen-bond donors (Lipinski definition) is 0. The Kier molecular flexibility index (Phi) is 4.29. The van der Waals surface area contributed by atoms with E-state index >= 15 is 0 Å². The molecule has 1 aliphatic rings. The highest BCUT2D eigenvalue weighted by Gasteiger charge is 2.27. The van der Waals surface area contributed by atoms with E-state index in [4.69, 9.17) is 9.15 Å². The fraction of sp³-hybridized carbons (Fsp3) is 0.0800. The molecule has 1 heterocycles. The lowest BCUT2D eigenvalue weighted by molar-refractivity contribution is 0.0467. The van der Waals surface area contributed by atoms with E-state index in [1.165, 1.54) is 0 Å². The van der Waals surface area contributed by atoms with Gasteiger partial charge in [-0.2, -0.15) is 0 Å². The maximum absolute atomic E-state index is 12.6. The second-order valence-corrected chi connectivity index (χ2v) is 7.10. The zero-order chi connectivity index (χ0) is 20.7. The van der Waals surface area contributed by atoms with Crippen LogP contribution in [0.15, 0.2) is 77.2 Å². The molecule has 3 aromatic carbocycles. The van der Waals surface area contributed by atoms with Gasteiger partial charge in [-0.15, -0.1) is 0 Å². The van der Waals surface area contributed by atoms with Crippen molar-refractivity contribution in [2.24, 2.45) is 0 Å². The Labute approximate surface area is 173 Å². The number of aromatic nitrogens is 1. The molecule has 5 nitrogen and oxygen atoms in total. The van der Waals surface area contributed by atoms with Gasteiger partial charge in [-0.3, -0.25) is 4.79 Å². The fourth-order valence-electron chi connectivity index (χ4n) is 3.64. The van der Waals surface area contributed by atoms with Crippen molar-refractivity contribution in [1.82, 2.24) is 4.98 Å². The third-order valence-electron chi connectivity index (χ3n) is 5.22. The van der Waals surface area contributed by atoms with Gasteiger partial charge in [-0.25, -0.2) is 9.78 Å². The van der Waals surface area contributed by atoms with E-state index in [9.17, 15) is 9.59 Å². The van der Waals surface area contributed by atoms with Crippen LogP contribution in [0, 0.1) is 6.92 Å². The second kappa shape index (κ2) is 7.12. The van der Waals surface area contributed by atoms with Gasteiger partial charge in [-0.05, 0) is 42.3 Å². The van der Waals surface area contributed by atoms with Crippen molar-refractivity contribution in [3.05, 3.63) is 101 Å². The largest absolute Gasteiger partial charge is 0.455 e. The number of fused-ring (bicyclic) bond motifs is 3. The van der Waals surface area contributed by atoms with Crippen LogP contribution in [-0.4, -0.2) is 16.7 Å². The van der Waals surface area contributed by atoms with Gasteiger partial charge in [-0.1, -0.05) is 48.5 Å². The molecule has 0 amide bonds. The third-order valence-corrected chi connectivity index (χ3v) is 5.22. The van der Waals surface area contributed by atoms with Gasteiger partial charge in [0.2, 0.25) is 5.89 Å². The molecule has 5 heteroatoms. The Bertz CT molecular complexity index is 1290. The van der Waals surface area contributed by atoms with Gasteiger partial charge < -0.3 is 9.15 Å². The smallest absolute Gasteiger partial charge is 0.338 e. The quantitative estimate of drug-likeness (QED) is 0.390. The van der Waals surface area contributed by atoms with Crippen molar-refractivity contribution >= 4 is 11.8 Å². The van der Waals surface area contributed by atoms with E-state index in [1.54, 1.807) is 31.2 Å². The predicted molar refractivity (Wildman–Crippen MR) is 111 cm³/mol. The van der Waals surface area contributed by atoms with Crippen LogP contribution in [0.5, 0.6) is 0 Å². The number of oxazole rings is 1. The van der Waals surface area contributed by atoms with E-state index in [1.807, 2.05) is 48.5 Å². The number of nitrogens with zero attached hydrogens (tertiary/aromatic N) is 1. The van der Waals surface area contributed by atoms with Crippen LogP contribution in [0.1, 0.15) is 37.7 Å². The molecular weight excluding hydrogens is 378 g/mol. The van der Waals surface area contributed by atoms with Gasteiger partial charge in [0.15, 0.2) is 5.78 Å². The molecule has 0 atom stereocenters. The molecular formula is C25H17NO4. The van der Waals surface area contributed by atoms with Gasteiger partial charge in [0.05, 0.1) is 5.56 Å². The number of carbonyl (C=O) groups excluding carboxylic acids is 2. The molecule has 30 heavy (non-hydrogen) atoms. The molecule has 146 valence electrons. The highest BCUT2D eigenvalue weighted by atomic mass is 16.5. The second-order valence-electron chi connectivity index (χ2n) is 7.10. The summed E-state index contributed by atoms with van der Waals surface area (Å²) in [6.45, 7) is 1.78. The number of hydrogen-bond acceptors (Lipinski definition) is 5. The standard InChI is InChI=1S/C25H17NO4/c1-15-22(26-24(30-15)16-7-3-2-4-8-16)14-29-25(28)17-11-12-19-18-9-5-6-10-20(18)23(27)21(19)13-17/h2-13H,14H2,1H3. The maximum atomic E-state index is 12.6. The molecule has 4 aromatic rings. The zero-order valence-corrected chi connectivity index (χ0v) is 16.2. The molecule has 0 saturated carbocycles. The van der Waals surface area contributed by atoms with Crippen LogP contribution in [0.2, 0.25) is 0 Å².